The Labute approximate surface area is 170 Å². The lowest BCUT2D eigenvalue weighted by Crippen LogP contribution is -3.11. The van der Waals surface area contributed by atoms with Crippen LogP contribution in [0.3, 0.4) is 0 Å². The number of carbonyl (C=O) groups is 1. The molecule has 0 radical (unpaired) electrons. The molecule has 0 aromatic heterocycles. The summed E-state index contributed by atoms with van der Waals surface area (Å²) in [5.74, 6) is -0.396. The van der Waals surface area contributed by atoms with E-state index in [1.807, 2.05) is 13.8 Å². The fourth-order valence-electron chi connectivity index (χ4n) is 2.97. The molecule has 0 bridgehead atoms. The van der Waals surface area contributed by atoms with E-state index < -0.39 is 15.8 Å². The van der Waals surface area contributed by atoms with Gasteiger partial charge in [0, 0.05) is 5.56 Å². The van der Waals surface area contributed by atoms with E-state index in [9.17, 15) is 17.6 Å². The highest BCUT2D eigenvalue weighted by Crippen LogP contribution is 2.17. The van der Waals surface area contributed by atoms with Gasteiger partial charge in [-0.05, 0) is 49.7 Å². The number of primary sulfonamides is 1. The Hall–Kier alpha value is -2.49. The maximum atomic E-state index is 13.9. The molecule has 2 atom stereocenters. The van der Waals surface area contributed by atoms with Gasteiger partial charge in [0.2, 0.25) is 10.0 Å². The smallest absolute Gasteiger partial charge is 0.275 e. The Bertz CT molecular complexity index is 949. The van der Waals surface area contributed by atoms with Crippen molar-refractivity contribution in [3.63, 3.8) is 0 Å². The quantitative estimate of drug-likeness (QED) is 0.553. The molecule has 1 amide bonds. The van der Waals surface area contributed by atoms with Crippen LogP contribution in [-0.4, -0.2) is 34.5 Å². The average molecular weight is 425 g/mol. The third kappa shape index (κ3) is 6.52. The van der Waals surface area contributed by atoms with Crippen molar-refractivity contribution < 1.29 is 27.2 Å². The number of sulfonamides is 1. The highest BCUT2D eigenvalue weighted by atomic mass is 32.2. The summed E-state index contributed by atoms with van der Waals surface area (Å²) in [6, 6.07) is 10.5. The van der Waals surface area contributed by atoms with Crippen molar-refractivity contribution in [1.29, 1.82) is 0 Å². The minimum atomic E-state index is -3.75. The van der Waals surface area contributed by atoms with Gasteiger partial charge in [0.15, 0.2) is 18.1 Å². The summed E-state index contributed by atoms with van der Waals surface area (Å²) in [6.45, 7) is 5.19. The predicted molar refractivity (Wildman–Crippen MR) is 107 cm³/mol. The van der Waals surface area contributed by atoms with E-state index in [1.165, 1.54) is 25.3 Å². The molecule has 2 rings (SSSR count). The van der Waals surface area contributed by atoms with Gasteiger partial charge in [0.05, 0.1) is 24.6 Å². The number of ether oxygens (including phenoxy) is 1. The van der Waals surface area contributed by atoms with Crippen molar-refractivity contribution in [3.8, 4) is 5.75 Å². The van der Waals surface area contributed by atoms with Gasteiger partial charge in [0.1, 0.15) is 6.54 Å². The largest absolute Gasteiger partial charge is 0.494 e. The number of halogens is 1. The van der Waals surface area contributed by atoms with Crippen LogP contribution in [0.25, 0.3) is 0 Å². The number of hydrogen-bond donors (Lipinski definition) is 3. The van der Waals surface area contributed by atoms with E-state index >= 15 is 0 Å². The van der Waals surface area contributed by atoms with Crippen molar-refractivity contribution >= 4 is 15.9 Å². The predicted octanol–water partition coefficient (Wildman–Crippen LogP) is 0.764. The molecule has 158 valence electrons. The van der Waals surface area contributed by atoms with E-state index in [2.05, 4.69) is 5.32 Å². The third-order valence-corrected chi connectivity index (χ3v) is 5.60. The van der Waals surface area contributed by atoms with Crippen LogP contribution in [-0.2, 0) is 21.4 Å². The summed E-state index contributed by atoms with van der Waals surface area (Å²) in [5, 5.41) is 7.99. The molecule has 9 heteroatoms. The topological polar surface area (TPSA) is 103 Å². The van der Waals surface area contributed by atoms with Gasteiger partial charge in [0.25, 0.3) is 5.91 Å². The zero-order valence-electron chi connectivity index (χ0n) is 16.7. The fraction of sp³-hybridized carbons (Fsp3) is 0.350. The molecule has 2 aromatic rings. The number of carbonyl (C=O) groups excluding carboxylic acids is 1. The number of amides is 1. The molecule has 2 aromatic carbocycles. The van der Waals surface area contributed by atoms with Crippen molar-refractivity contribution in [3.05, 3.63) is 59.4 Å². The Kier molecular flexibility index (Phi) is 7.72. The maximum absolute atomic E-state index is 13.9. The zero-order valence-corrected chi connectivity index (χ0v) is 17.6. The van der Waals surface area contributed by atoms with Crippen LogP contribution in [0, 0.1) is 5.82 Å². The average Bonchev–Trinajstić information content (AvgIpc) is 2.67. The van der Waals surface area contributed by atoms with Crippen molar-refractivity contribution in [2.75, 3.05) is 20.2 Å². The zero-order chi connectivity index (χ0) is 21.6. The van der Waals surface area contributed by atoms with E-state index in [-0.39, 0.29) is 29.1 Å². The minimum absolute atomic E-state index is 0.0214. The molecule has 0 spiro atoms. The van der Waals surface area contributed by atoms with Crippen LogP contribution >= 0.6 is 0 Å². The number of quaternary nitrogens is 1. The second-order valence-electron chi connectivity index (χ2n) is 6.83. The molecule has 0 heterocycles. The molecule has 0 fully saturated rings. The number of hydrogen-bond acceptors (Lipinski definition) is 4. The summed E-state index contributed by atoms with van der Waals surface area (Å²) >= 11 is 0. The number of methoxy groups -OCH3 is 1. The first-order chi connectivity index (χ1) is 13.6. The Balaban J connectivity index is 1.96. The van der Waals surface area contributed by atoms with E-state index in [0.29, 0.717) is 13.1 Å². The molecule has 4 N–H and O–H groups in total. The summed E-state index contributed by atoms with van der Waals surface area (Å²) in [6.07, 6.45) is 0. The molecule has 0 saturated carbocycles. The Morgan fingerprint density at radius 1 is 1.24 bits per heavy atom. The summed E-state index contributed by atoms with van der Waals surface area (Å²) in [7, 11) is -2.34. The number of benzene rings is 2. The van der Waals surface area contributed by atoms with Crippen LogP contribution in [0.1, 0.15) is 31.0 Å². The SMILES string of the molecule is CC[NH+](CC(=O)N[C@H](C)c1ccc(S(N)(=O)=O)cc1)Cc1ccc(OC)c(F)c1. The van der Waals surface area contributed by atoms with E-state index in [0.717, 1.165) is 16.0 Å². The first kappa shape index (κ1) is 22.8. The monoisotopic (exact) mass is 424 g/mol. The molecule has 29 heavy (non-hydrogen) atoms. The van der Waals surface area contributed by atoms with Gasteiger partial charge in [-0.2, -0.15) is 0 Å². The number of likely N-dealkylation sites (N-methyl/N-ethyl adjacent to an activating group) is 1. The van der Waals surface area contributed by atoms with Gasteiger partial charge in [-0.15, -0.1) is 0 Å². The third-order valence-electron chi connectivity index (χ3n) is 4.67. The Morgan fingerprint density at radius 2 is 1.90 bits per heavy atom. The molecule has 0 aliphatic heterocycles. The fourth-order valence-corrected chi connectivity index (χ4v) is 3.49. The lowest BCUT2D eigenvalue weighted by atomic mass is 10.1. The first-order valence-electron chi connectivity index (χ1n) is 9.22. The van der Waals surface area contributed by atoms with Crippen LogP contribution in [0.2, 0.25) is 0 Å². The van der Waals surface area contributed by atoms with E-state index in [4.69, 9.17) is 9.88 Å². The normalized spacial score (nSPS) is 13.6. The summed E-state index contributed by atoms with van der Waals surface area (Å²) in [4.78, 5) is 13.4. The van der Waals surface area contributed by atoms with Crippen LogP contribution < -0.4 is 20.1 Å². The summed E-state index contributed by atoms with van der Waals surface area (Å²) in [5.41, 5.74) is 1.54. The summed E-state index contributed by atoms with van der Waals surface area (Å²) < 4.78 is 41.4. The van der Waals surface area contributed by atoms with Crippen molar-refractivity contribution in [1.82, 2.24) is 5.32 Å². The van der Waals surface area contributed by atoms with Gasteiger partial charge in [-0.3, -0.25) is 4.79 Å². The lowest BCUT2D eigenvalue weighted by molar-refractivity contribution is -0.904. The molecule has 1 unspecified atom stereocenters. The molecule has 0 aliphatic carbocycles. The van der Waals surface area contributed by atoms with Crippen LogP contribution in [0.5, 0.6) is 5.75 Å². The second kappa shape index (κ2) is 9.82. The molecular weight excluding hydrogens is 397 g/mol. The van der Waals surface area contributed by atoms with Gasteiger partial charge in [-0.1, -0.05) is 12.1 Å². The highest BCUT2D eigenvalue weighted by Gasteiger charge is 2.17. The van der Waals surface area contributed by atoms with Gasteiger partial charge < -0.3 is 15.0 Å². The number of nitrogens with two attached hydrogens (primary N) is 1. The van der Waals surface area contributed by atoms with Crippen molar-refractivity contribution in [2.45, 2.75) is 31.3 Å². The maximum Gasteiger partial charge on any atom is 0.275 e. The minimum Gasteiger partial charge on any atom is -0.494 e. The lowest BCUT2D eigenvalue weighted by Gasteiger charge is -2.20. The second-order valence-corrected chi connectivity index (χ2v) is 8.39. The molecular formula is C20H27FN3O4S+. The molecule has 0 aliphatic rings. The van der Waals surface area contributed by atoms with Crippen LogP contribution in [0.15, 0.2) is 47.4 Å². The van der Waals surface area contributed by atoms with Crippen LogP contribution in [0.4, 0.5) is 4.39 Å². The first-order valence-corrected chi connectivity index (χ1v) is 10.8. The van der Waals surface area contributed by atoms with Gasteiger partial charge in [-0.25, -0.2) is 17.9 Å². The molecule has 0 saturated heterocycles. The number of rotatable bonds is 9. The van der Waals surface area contributed by atoms with E-state index in [1.54, 1.807) is 24.3 Å². The standard InChI is InChI=1S/C20H26FN3O4S/c1-4-24(12-15-5-10-19(28-3)18(21)11-15)13-20(25)23-14(2)16-6-8-17(9-7-16)29(22,26)27/h5-11,14H,4,12-13H2,1-3H3,(H,23,25)(H2,22,26,27)/p+1/t14-/m1/s1. The molecule has 7 nitrogen and oxygen atoms in total. The van der Waals surface area contributed by atoms with Gasteiger partial charge >= 0.3 is 0 Å². The van der Waals surface area contributed by atoms with Crippen molar-refractivity contribution in [2.24, 2.45) is 5.14 Å². The Morgan fingerprint density at radius 3 is 2.41 bits per heavy atom. The number of nitrogens with one attached hydrogen (secondary N) is 2. The highest BCUT2D eigenvalue weighted by molar-refractivity contribution is 7.89.